The monoisotopic (exact) mass is 1390 g/mol. The normalized spacial score (nSPS) is 17.9. The molecule has 1 saturated heterocycles. The second kappa shape index (κ2) is 32.8. The molecule has 18 heteroatoms. The van der Waals surface area contributed by atoms with E-state index in [1.54, 1.807) is 36.4 Å². The molecule has 1 aliphatic heterocycles. The highest BCUT2D eigenvalue weighted by Crippen LogP contribution is 2.49. The number of rotatable bonds is 22. The number of fused-ring (bicyclic) bond motifs is 3. The van der Waals surface area contributed by atoms with Crippen molar-refractivity contribution in [1.29, 1.82) is 0 Å². The van der Waals surface area contributed by atoms with Crippen LogP contribution in [0.15, 0.2) is 164 Å². The Bertz CT molecular complexity index is 4360. The summed E-state index contributed by atoms with van der Waals surface area (Å²) in [6, 6.07) is 43.2. The maximum Gasteiger partial charge on any atom is 0.308 e. The summed E-state index contributed by atoms with van der Waals surface area (Å²) in [4.78, 5) is 50.1. The van der Waals surface area contributed by atoms with Gasteiger partial charge in [0.2, 0.25) is 0 Å². The predicted octanol–water partition coefficient (Wildman–Crippen LogP) is 16.8. The van der Waals surface area contributed by atoms with E-state index in [1.807, 2.05) is 126 Å². The molecule has 6 aromatic carbocycles. The lowest BCUT2D eigenvalue weighted by Gasteiger charge is -2.39. The minimum Gasteiger partial charge on any atom is -0.469 e. The lowest BCUT2D eigenvalue weighted by Crippen LogP contribution is -2.45. The summed E-state index contributed by atoms with van der Waals surface area (Å²) < 4.78 is 68.0. The van der Waals surface area contributed by atoms with Gasteiger partial charge in [-0.2, -0.15) is 0 Å². The molecule has 102 heavy (non-hydrogen) atoms. The minimum atomic E-state index is -1.00. The summed E-state index contributed by atoms with van der Waals surface area (Å²) in [5.74, 6) is -1.95. The number of hydrogen-bond donors (Lipinski definition) is 4. The SMILES string of the molecule is CC(C)(C)OC(=O)C[C@H]1C[C@@H](/C=C/c2c(C3CC3)nc3ccccc3c2-c2ccc(F)cc2)OC(C)(C)O1.COC(=O)C[C@@H](O)C[C@@H](O)/C=C/c1c(C2CC2)nc2ccccc2c1-c1ccc(F)cc1.COC(=O)C[C@@H](O)C[C@H](O)/C=C/c1c(C2CC2)nc2ccccc2c1-c1ccc(F)cc1. The largest absolute Gasteiger partial charge is 0.469 e. The summed E-state index contributed by atoms with van der Waals surface area (Å²) in [5, 5.41) is 43.9. The van der Waals surface area contributed by atoms with Gasteiger partial charge in [0.1, 0.15) is 23.1 Å². The highest BCUT2D eigenvalue weighted by molar-refractivity contribution is 6.02. The number of hydrogen-bond acceptors (Lipinski definition) is 15. The molecular weight excluding hydrogens is 1300 g/mol. The van der Waals surface area contributed by atoms with Crippen LogP contribution in [0.25, 0.3) is 84.3 Å². The molecule has 15 nitrogen and oxygen atoms in total. The van der Waals surface area contributed by atoms with Gasteiger partial charge in [0.05, 0.1) is 104 Å². The zero-order valence-electron chi connectivity index (χ0n) is 58.5. The predicted molar refractivity (Wildman–Crippen MR) is 390 cm³/mol. The van der Waals surface area contributed by atoms with Gasteiger partial charge >= 0.3 is 17.9 Å². The van der Waals surface area contributed by atoms with Crippen molar-refractivity contribution in [3.05, 3.63) is 215 Å². The fraction of sp³-hybridized carbons (Fsp3) is 0.357. The topological polar surface area (TPSA) is 217 Å². The van der Waals surface area contributed by atoms with Crippen LogP contribution in [0.3, 0.4) is 0 Å². The Balaban J connectivity index is 0.000000155. The standard InChI is InChI=1S/C32H36FNO4.2C26H26FNO4/c1-31(2,3)38-28(35)19-24-18-23(36-32(4,5)37-24)16-17-26-29(20-12-14-22(33)15-13-20)25-8-6-7-9-27(25)34-30(26)21-10-11-21;2*1-32-24(31)15-20(30)14-19(29)12-13-22-25(16-8-10-18(27)11-9-16)21-4-2-3-5-23(21)28-26(22)17-6-7-17/h6-9,12-17,21,23-24H,10-11,18-19H2,1-5H3;2*2-5,8-13,17,19-20,29-30H,6-7,14-15H2,1H3/b17-16+;2*13-12+/t23-,24-;19-,20+;19-,20-/m110/s1. The number of benzene rings is 6. The number of pyridine rings is 3. The Morgan fingerprint density at radius 2 is 0.853 bits per heavy atom. The molecule has 532 valence electrons. The molecule has 0 spiro atoms. The first kappa shape index (κ1) is 73.9. The molecule has 4 heterocycles. The average Bonchev–Trinajstić information content (AvgIpc) is 1.69. The number of methoxy groups -OCH3 is 2. The quantitative estimate of drug-likeness (QED) is 0.0367. The van der Waals surface area contributed by atoms with Crippen molar-refractivity contribution in [1.82, 2.24) is 15.0 Å². The molecule has 3 aliphatic carbocycles. The van der Waals surface area contributed by atoms with E-state index in [4.69, 9.17) is 29.2 Å². The number of ether oxygens (including phenoxy) is 5. The number of carbonyl (C=O) groups excluding carboxylic acids is 3. The average molecular weight is 1390 g/mol. The van der Waals surface area contributed by atoms with E-state index in [0.717, 1.165) is 138 Å². The Hall–Kier alpha value is -9.27. The van der Waals surface area contributed by atoms with Crippen molar-refractivity contribution in [3.63, 3.8) is 0 Å². The first-order chi connectivity index (χ1) is 48.9. The number of halogens is 3. The van der Waals surface area contributed by atoms with Gasteiger partial charge in [0.15, 0.2) is 5.79 Å². The molecule has 4 N–H and O–H groups in total. The molecule has 0 bridgehead atoms. The zero-order chi connectivity index (χ0) is 72.4. The molecule has 6 atom stereocenters. The van der Waals surface area contributed by atoms with E-state index in [-0.39, 0.29) is 67.7 Å². The number of carbonyl (C=O) groups is 3. The van der Waals surface area contributed by atoms with Crippen LogP contribution in [-0.4, -0.2) is 116 Å². The van der Waals surface area contributed by atoms with Gasteiger partial charge in [0, 0.05) is 86.6 Å². The third-order valence-electron chi connectivity index (χ3n) is 18.1. The summed E-state index contributed by atoms with van der Waals surface area (Å²) in [6.07, 6.45) is 13.4. The summed E-state index contributed by atoms with van der Waals surface area (Å²) >= 11 is 0. The molecule has 13 rings (SSSR count). The highest BCUT2D eigenvalue weighted by Gasteiger charge is 2.38. The van der Waals surface area contributed by atoms with E-state index in [1.165, 1.54) is 50.6 Å². The maximum absolute atomic E-state index is 13.8. The molecule has 3 saturated carbocycles. The number of nitrogens with zero attached hydrogens (tertiary/aromatic N) is 3. The van der Waals surface area contributed by atoms with Crippen LogP contribution in [-0.2, 0) is 38.1 Å². The molecule has 9 aromatic rings. The fourth-order valence-electron chi connectivity index (χ4n) is 13.0. The molecule has 0 radical (unpaired) electrons. The van der Waals surface area contributed by atoms with Gasteiger partial charge in [0.25, 0.3) is 0 Å². The third kappa shape index (κ3) is 19.7. The van der Waals surface area contributed by atoms with Crippen LogP contribution in [0, 0.1) is 17.5 Å². The molecule has 4 aliphatic rings. The van der Waals surface area contributed by atoms with Gasteiger partial charge in [-0.15, -0.1) is 0 Å². The highest BCUT2D eigenvalue weighted by atomic mass is 19.1. The molecular formula is C84H88F3N3O12. The van der Waals surface area contributed by atoms with Crippen LogP contribution < -0.4 is 0 Å². The smallest absolute Gasteiger partial charge is 0.308 e. The summed E-state index contributed by atoms with van der Waals surface area (Å²) in [5.41, 5.74) is 13.5. The van der Waals surface area contributed by atoms with Crippen molar-refractivity contribution in [3.8, 4) is 33.4 Å². The first-order valence-corrected chi connectivity index (χ1v) is 34.9. The van der Waals surface area contributed by atoms with E-state index in [2.05, 4.69) is 27.7 Å². The van der Waals surface area contributed by atoms with E-state index in [9.17, 15) is 48.0 Å². The Labute approximate surface area is 592 Å². The summed E-state index contributed by atoms with van der Waals surface area (Å²) in [6.45, 7) is 9.31. The lowest BCUT2D eigenvalue weighted by molar-refractivity contribution is -0.290. The molecule has 3 aromatic heterocycles. The zero-order valence-corrected chi connectivity index (χ0v) is 58.5. The third-order valence-corrected chi connectivity index (χ3v) is 18.1. The van der Waals surface area contributed by atoms with Gasteiger partial charge in [-0.3, -0.25) is 29.3 Å². The van der Waals surface area contributed by atoms with Crippen molar-refractivity contribution in [2.24, 2.45) is 0 Å². The Morgan fingerprint density at radius 1 is 0.510 bits per heavy atom. The summed E-state index contributed by atoms with van der Waals surface area (Å²) in [7, 11) is 2.52. The van der Waals surface area contributed by atoms with E-state index < -0.39 is 47.7 Å². The van der Waals surface area contributed by atoms with Gasteiger partial charge in [-0.05, 0) is 144 Å². The molecule has 4 fully saturated rings. The first-order valence-electron chi connectivity index (χ1n) is 34.9. The van der Waals surface area contributed by atoms with Crippen molar-refractivity contribution in [2.75, 3.05) is 14.2 Å². The van der Waals surface area contributed by atoms with Crippen molar-refractivity contribution in [2.45, 2.75) is 177 Å². The number of aliphatic hydroxyl groups excluding tert-OH is 4. The van der Waals surface area contributed by atoms with E-state index in [0.29, 0.717) is 24.2 Å². The Kier molecular flexibility index (Phi) is 23.8. The van der Waals surface area contributed by atoms with Crippen LogP contribution in [0.1, 0.15) is 163 Å². The van der Waals surface area contributed by atoms with Crippen LogP contribution in [0.4, 0.5) is 13.2 Å². The minimum absolute atomic E-state index is 0.0112. The molecule has 0 unspecified atom stereocenters. The fourth-order valence-corrected chi connectivity index (χ4v) is 13.0. The lowest BCUT2D eigenvalue weighted by atomic mass is 9.92. The van der Waals surface area contributed by atoms with Gasteiger partial charge in [-0.25, -0.2) is 13.2 Å². The number of para-hydroxylation sites is 3. The van der Waals surface area contributed by atoms with E-state index >= 15 is 0 Å². The van der Waals surface area contributed by atoms with Crippen molar-refractivity contribution >= 4 is 68.8 Å². The number of aliphatic hydroxyl groups is 4. The maximum atomic E-state index is 13.8. The second-order valence-electron chi connectivity index (χ2n) is 28.1. The Morgan fingerprint density at radius 3 is 1.19 bits per heavy atom. The van der Waals surface area contributed by atoms with Crippen LogP contribution >= 0.6 is 0 Å². The number of aromatic nitrogens is 3. The van der Waals surface area contributed by atoms with Crippen LogP contribution in [0.5, 0.6) is 0 Å². The van der Waals surface area contributed by atoms with Crippen molar-refractivity contribution < 1.29 is 71.7 Å². The van der Waals surface area contributed by atoms with Gasteiger partial charge < -0.3 is 44.1 Å². The van der Waals surface area contributed by atoms with Crippen LogP contribution in [0.2, 0.25) is 0 Å². The molecule has 0 amide bonds. The van der Waals surface area contributed by atoms with Gasteiger partial charge in [-0.1, -0.05) is 127 Å². The second-order valence-corrected chi connectivity index (χ2v) is 28.1. The number of esters is 3.